The van der Waals surface area contributed by atoms with Crippen molar-refractivity contribution >= 4 is 23.2 Å². The second-order valence-corrected chi connectivity index (χ2v) is 7.39. The quantitative estimate of drug-likeness (QED) is 0.785. The molecule has 1 aliphatic heterocycles. The lowest BCUT2D eigenvalue weighted by Gasteiger charge is -2.17. The molecule has 2 aromatic carbocycles. The third-order valence-electron chi connectivity index (χ3n) is 4.67. The van der Waals surface area contributed by atoms with Crippen LogP contribution in [0.2, 0.25) is 5.02 Å². The summed E-state index contributed by atoms with van der Waals surface area (Å²) in [4.78, 5) is 17.7. The fourth-order valence-electron chi connectivity index (χ4n) is 3.00. The average molecular weight is 389 g/mol. The molecular weight excluding hydrogens is 367 g/mol. The number of amides is 1. The zero-order valence-electron chi connectivity index (χ0n) is 15.5. The van der Waals surface area contributed by atoms with Crippen molar-refractivity contribution in [2.45, 2.75) is 45.3 Å². The molecule has 1 aliphatic rings. The van der Waals surface area contributed by atoms with Crippen molar-refractivity contribution < 1.29 is 14.0 Å². The van der Waals surface area contributed by atoms with Crippen LogP contribution in [0.1, 0.15) is 55.8 Å². The predicted octanol–water partition coefficient (Wildman–Crippen LogP) is 4.97. The minimum absolute atomic E-state index is 0.172. The van der Waals surface area contributed by atoms with Gasteiger partial charge in [-0.05, 0) is 36.1 Å². The van der Waals surface area contributed by atoms with Crippen LogP contribution in [0.3, 0.4) is 0 Å². The number of hydrogen-bond acceptors (Lipinski definition) is 3. The molecule has 0 radical (unpaired) electrons. The van der Waals surface area contributed by atoms with Crippen LogP contribution in [0.4, 0.5) is 4.39 Å². The molecule has 0 bridgehead atoms. The van der Waals surface area contributed by atoms with E-state index < -0.39 is 11.9 Å². The van der Waals surface area contributed by atoms with Gasteiger partial charge in [0.2, 0.25) is 6.10 Å². The maximum Gasteiger partial charge on any atom is 0.264 e. The predicted molar refractivity (Wildman–Crippen MR) is 105 cm³/mol. The smallest absolute Gasteiger partial charge is 0.264 e. The minimum Gasteiger partial charge on any atom is -0.382 e. The summed E-state index contributed by atoms with van der Waals surface area (Å²) in [7, 11) is 0. The van der Waals surface area contributed by atoms with Gasteiger partial charge in [-0.25, -0.2) is 4.39 Å². The van der Waals surface area contributed by atoms with Crippen LogP contribution in [-0.4, -0.2) is 17.7 Å². The van der Waals surface area contributed by atoms with E-state index in [9.17, 15) is 9.18 Å². The van der Waals surface area contributed by atoms with E-state index in [1.165, 1.54) is 17.7 Å². The monoisotopic (exact) mass is 388 g/mol. The molecule has 2 aromatic rings. The highest BCUT2D eigenvalue weighted by atomic mass is 35.5. The SMILES string of the molecule is CC(C)c1ccc(C(C)NC(=O)C2CC(c3c(F)cccc3Cl)=NO2)cc1. The zero-order chi connectivity index (χ0) is 19.6. The molecule has 27 heavy (non-hydrogen) atoms. The summed E-state index contributed by atoms with van der Waals surface area (Å²) < 4.78 is 14.0. The molecule has 6 heteroatoms. The van der Waals surface area contributed by atoms with Crippen molar-refractivity contribution in [3.63, 3.8) is 0 Å². The lowest BCUT2D eigenvalue weighted by Crippen LogP contribution is -2.36. The largest absolute Gasteiger partial charge is 0.382 e. The summed E-state index contributed by atoms with van der Waals surface area (Å²) in [5.74, 6) is -0.317. The van der Waals surface area contributed by atoms with Crippen molar-refractivity contribution in [3.05, 3.63) is 70.0 Å². The highest BCUT2D eigenvalue weighted by molar-refractivity contribution is 6.34. The van der Waals surface area contributed by atoms with Gasteiger partial charge in [0.1, 0.15) is 5.82 Å². The number of nitrogens with zero attached hydrogens (tertiary/aromatic N) is 1. The first kappa shape index (κ1) is 19.4. The summed E-state index contributed by atoms with van der Waals surface area (Å²) >= 11 is 6.06. The average Bonchev–Trinajstić information content (AvgIpc) is 3.11. The van der Waals surface area contributed by atoms with Gasteiger partial charge in [-0.2, -0.15) is 0 Å². The second kappa shape index (κ2) is 8.09. The maximum absolute atomic E-state index is 14.0. The number of benzene rings is 2. The van der Waals surface area contributed by atoms with Crippen molar-refractivity contribution in [1.29, 1.82) is 0 Å². The van der Waals surface area contributed by atoms with Crippen molar-refractivity contribution in [3.8, 4) is 0 Å². The number of carbonyl (C=O) groups is 1. The van der Waals surface area contributed by atoms with Gasteiger partial charge in [-0.15, -0.1) is 0 Å². The molecule has 0 aliphatic carbocycles. The first-order chi connectivity index (χ1) is 12.9. The van der Waals surface area contributed by atoms with Gasteiger partial charge in [0.25, 0.3) is 5.91 Å². The number of oxime groups is 1. The summed E-state index contributed by atoms with van der Waals surface area (Å²) in [6.07, 6.45) is -0.626. The standard InChI is InChI=1S/C21H22ClFN2O2/c1-12(2)14-7-9-15(10-8-14)13(3)24-21(26)19-11-18(25-27-19)20-16(22)5-4-6-17(20)23/h4-10,12-13,19H,11H2,1-3H3,(H,24,26). The van der Waals surface area contributed by atoms with Crippen LogP contribution in [-0.2, 0) is 9.63 Å². The van der Waals surface area contributed by atoms with Crippen molar-refractivity contribution in [1.82, 2.24) is 5.32 Å². The van der Waals surface area contributed by atoms with Gasteiger partial charge >= 0.3 is 0 Å². The number of halogens is 2. The Morgan fingerprint density at radius 3 is 2.48 bits per heavy atom. The second-order valence-electron chi connectivity index (χ2n) is 6.98. The van der Waals surface area contributed by atoms with Crippen LogP contribution >= 0.6 is 11.6 Å². The van der Waals surface area contributed by atoms with E-state index in [0.717, 1.165) is 5.56 Å². The Morgan fingerprint density at radius 1 is 1.19 bits per heavy atom. The van der Waals surface area contributed by atoms with E-state index in [4.69, 9.17) is 16.4 Å². The Bertz CT molecular complexity index is 845. The molecule has 3 rings (SSSR count). The first-order valence-corrected chi connectivity index (χ1v) is 9.32. The van der Waals surface area contributed by atoms with E-state index in [2.05, 4.69) is 36.5 Å². The van der Waals surface area contributed by atoms with Crippen LogP contribution in [0.25, 0.3) is 0 Å². The fourth-order valence-corrected chi connectivity index (χ4v) is 3.27. The van der Waals surface area contributed by atoms with E-state index in [-0.39, 0.29) is 29.0 Å². The van der Waals surface area contributed by atoms with Crippen LogP contribution in [0, 0.1) is 5.82 Å². The molecule has 2 unspecified atom stereocenters. The van der Waals surface area contributed by atoms with E-state index in [0.29, 0.717) is 11.6 Å². The Hall–Kier alpha value is -2.40. The molecule has 1 amide bonds. The van der Waals surface area contributed by atoms with Crippen molar-refractivity contribution in [2.24, 2.45) is 5.16 Å². The molecule has 0 saturated heterocycles. The summed E-state index contributed by atoms with van der Waals surface area (Å²) in [6, 6.07) is 12.4. The van der Waals surface area contributed by atoms with E-state index >= 15 is 0 Å². The number of carbonyl (C=O) groups excluding carboxylic acids is 1. The van der Waals surface area contributed by atoms with E-state index in [1.807, 2.05) is 19.1 Å². The molecule has 0 aromatic heterocycles. The topological polar surface area (TPSA) is 50.7 Å². The molecule has 4 nitrogen and oxygen atoms in total. The Morgan fingerprint density at radius 2 is 1.85 bits per heavy atom. The van der Waals surface area contributed by atoms with Gasteiger partial charge in [-0.1, -0.05) is 60.9 Å². The lowest BCUT2D eigenvalue weighted by atomic mass is 9.99. The normalized spacial score (nSPS) is 17.4. The maximum atomic E-state index is 14.0. The van der Waals surface area contributed by atoms with Gasteiger partial charge in [0, 0.05) is 6.42 Å². The first-order valence-electron chi connectivity index (χ1n) is 8.94. The number of nitrogens with one attached hydrogen (secondary N) is 1. The summed E-state index contributed by atoms with van der Waals surface area (Å²) in [6.45, 7) is 6.18. The minimum atomic E-state index is -0.798. The van der Waals surface area contributed by atoms with Gasteiger partial charge in [-0.3, -0.25) is 4.79 Å². The fraction of sp³-hybridized carbons (Fsp3) is 0.333. The third-order valence-corrected chi connectivity index (χ3v) is 4.99. The Labute approximate surface area is 163 Å². The highest BCUT2D eigenvalue weighted by Crippen LogP contribution is 2.26. The number of hydrogen-bond donors (Lipinski definition) is 1. The van der Waals surface area contributed by atoms with Crippen LogP contribution in [0.15, 0.2) is 47.6 Å². The van der Waals surface area contributed by atoms with Gasteiger partial charge in [0.05, 0.1) is 22.3 Å². The summed E-state index contributed by atoms with van der Waals surface area (Å²) in [5, 5.41) is 7.04. The van der Waals surface area contributed by atoms with E-state index in [1.54, 1.807) is 6.07 Å². The van der Waals surface area contributed by atoms with Crippen LogP contribution < -0.4 is 5.32 Å². The Kier molecular flexibility index (Phi) is 5.80. The molecule has 0 spiro atoms. The van der Waals surface area contributed by atoms with Crippen LogP contribution in [0.5, 0.6) is 0 Å². The Balaban J connectivity index is 1.63. The molecule has 142 valence electrons. The molecule has 2 atom stereocenters. The summed E-state index contributed by atoms with van der Waals surface area (Å²) in [5.41, 5.74) is 2.78. The molecule has 1 N–H and O–H groups in total. The highest BCUT2D eigenvalue weighted by Gasteiger charge is 2.31. The zero-order valence-corrected chi connectivity index (χ0v) is 16.3. The molecule has 1 heterocycles. The van der Waals surface area contributed by atoms with Gasteiger partial charge in [0.15, 0.2) is 0 Å². The lowest BCUT2D eigenvalue weighted by molar-refractivity contribution is -0.131. The molecular formula is C21H22ClFN2O2. The molecule has 0 fully saturated rings. The van der Waals surface area contributed by atoms with Crippen molar-refractivity contribution in [2.75, 3.05) is 0 Å². The molecule has 0 saturated carbocycles. The third kappa shape index (κ3) is 4.30. The number of rotatable bonds is 5. The van der Waals surface area contributed by atoms with Gasteiger partial charge < -0.3 is 10.2 Å².